The van der Waals surface area contributed by atoms with Crippen molar-refractivity contribution in [1.29, 1.82) is 0 Å². The normalized spacial score (nSPS) is 16.8. The first-order chi connectivity index (χ1) is 13.6. The van der Waals surface area contributed by atoms with E-state index < -0.39 is 0 Å². The third kappa shape index (κ3) is 8.42. The molecule has 0 bridgehead atoms. The van der Waals surface area contributed by atoms with Gasteiger partial charge in [-0.15, -0.1) is 24.0 Å². The molecule has 166 valence electrons. The first-order valence-corrected chi connectivity index (χ1v) is 11.0. The zero-order valence-electron chi connectivity index (χ0n) is 19.1. The number of guanidine groups is 1. The van der Waals surface area contributed by atoms with Crippen LogP contribution in [0.5, 0.6) is 0 Å². The van der Waals surface area contributed by atoms with E-state index in [1.54, 1.807) is 0 Å². The van der Waals surface area contributed by atoms with Crippen LogP contribution in [-0.4, -0.2) is 80.1 Å². The Morgan fingerprint density at radius 3 is 2.31 bits per heavy atom. The minimum atomic E-state index is 0. The molecule has 0 aromatic heterocycles. The van der Waals surface area contributed by atoms with Crippen molar-refractivity contribution in [3.8, 4) is 0 Å². The van der Waals surface area contributed by atoms with Gasteiger partial charge < -0.3 is 15.1 Å². The van der Waals surface area contributed by atoms with Gasteiger partial charge in [-0.3, -0.25) is 9.89 Å². The number of hydrogen-bond acceptors (Lipinski definition) is 3. The Bertz CT molecular complexity index is 570. The number of nitrogens with one attached hydrogen (secondary N) is 1. The number of hydrogen-bond donors (Lipinski definition) is 1. The summed E-state index contributed by atoms with van der Waals surface area (Å²) in [6.45, 7) is 13.2. The average Bonchev–Trinajstić information content (AvgIpc) is 2.72. The van der Waals surface area contributed by atoms with Crippen LogP contribution in [0.2, 0.25) is 0 Å². The summed E-state index contributed by atoms with van der Waals surface area (Å²) in [5.74, 6) is 1.06. The lowest BCUT2D eigenvalue weighted by Gasteiger charge is -2.40. The molecular formula is C23H42IN5. The van der Waals surface area contributed by atoms with Gasteiger partial charge in [0.15, 0.2) is 5.96 Å². The van der Waals surface area contributed by atoms with Gasteiger partial charge in [-0.25, -0.2) is 0 Å². The Morgan fingerprint density at radius 2 is 1.76 bits per heavy atom. The summed E-state index contributed by atoms with van der Waals surface area (Å²) in [6.07, 6.45) is 3.56. The molecule has 29 heavy (non-hydrogen) atoms. The Labute approximate surface area is 195 Å². The van der Waals surface area contributed by atoms with Crippen molar-refractivity contribution in [2.24, 2.45) is 4.99 Å². The van der Waals surface area contributed by atoms with E-state index in [9.17, 15) is 0 Å². The lowest BCUT2D eigenvalue weighted by molar-refractivity contribution is 0.127. The highest BCUT2D eigenvalue weighted by Crippen LogP contribution is 2.25. The summed E-state index contributed by atoms with van der Waals surface area (Å²) < 4.78 is 0. The highest BCUT2D eigenvalue weighted by Gasteiger charge is 2.25. The van der Waals surface area contributed by atoms with E-state index in [1.807, 2.05) is 7.05 Å². The summed E-state index contributed by atoms with van der Waals surface area (Å²) in [5.41, 5.74) is 1.44. The first kappa shape index (κ1) is 26.2. The van der Waals surface area contributed by atoms with Crippen molar-refractivity contribution >= 4 is 29.9 Å². The number of aliphatic imine (C=N–C) groups is 1. The molecule has 1 unspecified atom stereocenters. The molecule has 5 nitrogen and oxygen atoms in total. The number of rotatable bonds is 9. The maximum absolute atomic E-state index is 4.52. The number of benzene rings is 1. The van der Waals surface area contributed by atoms with E-state index in [2.05, 4.69) is 83.2 Å². The summed E-state index contributed by atoms with van der Waals surface area (Å²) in [7, 11) is 4.11. The zero-order chi connectivity index (χ0) is 20.4. The van der Waals surface area contributed by atoms with Crippen LogP contribution in [0.25, 0.3) is 0 Å². The number of piperazine rings is 1. The van der Waals surface area contributed by atoms with Gasteiger partial charge in [-0.1, -0.05) is 37.3 Å². The third-order valence-electron chi connectivity index (χ3n) is 5.94. The monoisotopic (exact) mass is 515 g/mol. The molecule has 0 radical (unpaired) electrons. The molecule has 1 aliphatic rings. The maximum Gasteiger partial charge on any atom is 0.193 e. The molecule has 1 atom stereocenters. The van der Waals surface area contributed by atoms with Crippen LogP contribution in [0.15, 0.2) is 35.3 Å². The smallest absolute Gasteiger partial charge is 0.193 e. The van der Waals surface area contributed by atoms with Crippen LogP contribution in [-0.2, 0) is 0 Å². The largest absolute Gasteiger partial charge is 0.356 e. The van der Waals surface area contributed by atoms with Crippen LogP contribution in [0.3, 0.4) is 0 Å². The van der Waals surface area contributed by atoms with Crippen LogP contribution in [0, 0.1) is 0 Å². The van der Waals surface area contributed by atoms with E-state index in [4.69, 9.17) is 0 Å². The van der Waals surface area contributed by atoms with Gasteiger partial charge in [0.2, 0.25) is 0 Å². The topological polar surface area (TPSA) is 34.1 Å². The molecule has 2 rings (SSSR count). The number of halogens is 1. The average molecular weight is 516 g/mol. The molecule has 1 fully saturated rings. The molecule has 1 heterocycles. The van der Waals surface area contributed by atoms with Crippen LogP contribution >= 0.6 is 24.0 Å². The fraction of sp³-hybridized carbons (Fsp3) is 0.696. The van der Waals surface area contributed by atoms with Gasteiger partial charge in [0, 0.05) is 51.9 Å². The molecule has 0 aliphatic carbocycles. The van der Waals surface area contributed by atoms with Gasteiger partial charge >= 0.3 is 0 Å². The lowest BCUT2D eigenvalue weighted by Crippen LogP contribution is -2.53. The molecule has 0 saturated carbocycles. The third-order valence-corrected chi connectivity index (χ3v) is 5.94. The minimum Gasteiger partial charge on any atom is -0.356 e. The molecule has 6 heteroatoms. The van der Waals surface area contributed by atoms with Crippen LogP contribution < -0.4 is 5.32 Å². The summed E-state index contributed by atoms with van der Waals surface area (Å²) in [5, 5.41) is 3.57. The molecule has 1 saturated heterocycles. The van der Waals surface area contributed by atoms with E-state index in [0.717, 1.165) is 51.6 Å². The quantitative estimate of drug-likeness (QED) is 0.233. The fourth-order valence-corrected chi connectivity index (χ4v) is 3.90. The van der Waals surface area contributed by atoms with Crippen molar-refractivity contribution < 1.29 is 0 Å². The molecular weight excluding hydrogens is 473 g/mol. The van der Waals surface area contributed by atoms with E-state index in [0.29, 0.717) is 12.1 Å². The van der Waals surface area contributed by atoms with E-state index >= 15 is 0 Å². The maximum atomic E-state index is 4.52. The molecule has 1 aliphatic heterocycles. The minimum absolute atomic E-state index is 0. The Morgan fingerprint density at radius 1 is 1.10 bits per heavy atom. The van der Waals surface area contributed by atoms with Crippen LogP contribution in [0.1, 0.15) is 51.6 Å². The number of unbranched alkanes of at least 4 members (excludes halogenated alkanes) is 1. The predicted molar refractivity (Wildman–Crippen MR) is 136 cm³/mol. The molecule has 1 aromatic carbocycles. The second kappa shape index (κ2) is 14.2. The van der Waals surface area contributed by atoms with Crippen molar-refractivity contribution in [2.45, 2.75) is 52.1 Å². The number of nitrogens with zero attached hydrogens (tertiary/aromatic N) is 4. The standard InChI is InChI=1S/C23H41N5.HI/c1-6-22(21-12-8-7-9-13-21)27-16-18-28(19-17-27)23(24-4)25-14-10-11-15-26(5)20(2)3;/h7-9,12-13,20,22H,6,10-11,14-19H2,1-5H3,(H,24,25);1H. The molecule has 1 aromatic rings. The van der Waals surface area contributed by atoms with Crippen molar-refractivity contribution in [3.05, 3.63) is 35.9 Å². The fourth-order valence-electron chi connectivity index (χ4n) is 3.90. The second-order valence-corrected chi connectivity index (χ2v) is 8.11. The Kier molecular flexibility index (Phi) is 12.8. The van der Waals surface area contributed by atoms with E-state index in [1.165, 1.54) is 18.4 Å². The summed E-state index contributed by atoms with van der Waals surface area (Å²) in [6, 6.07) is 12.1. The predicted octanol–water partition coefficient (Wildman–Crippen LogP) is 4.07. The first-order valence-electron chi connectivity index (χ1n) is 11.0. The van der Waals surface area contributed by atoms with Gasteiger partial charge in [0.1, 0.15) is 0 Å². The SMILES string of the molecule is CCC(c1ccccc1)N1CCN(C(=NC)NCCCCN(C)C(C)C)CC1.I. The summed E-state index contributed by atoms with van der Waals surface area (Å²) in [4.78, 5) is 12.0. The van der Waals surface area contributed by atoms with Crippen molar-refractivity contribution in [2.75, 3.05) is 53.4 Å². The Balaban J connectivity index is 0.00000420. The van der Waals surface area contributed by atoms with Gasteiger partial charge in [0.05, 0.1) is 0 Å². The zero-order valence-corrected chi connectivity index (χ0v) is 21.4. The highest BCUT2D eigenvalue weighted by molar-refractivity contribution is 14.0. The molecule has 0 amide bonds. The second-order valence-electron chi connectivity index (χ2n) is 8.11. The van der Waals surface area contributed by atoms with Crippen molar-refractivity contribution in [3.63, 3.8) is 0 Å². The molecule has 0 spiro atoms. The van der Waals surface area contributed by atoms with Gasteiger partial charge in [-0.2, -0.15) is 0 Å². The van der Waals surface area contributed by atoms with Gasteiger partial charge in [-0.05, 0) is 52.3 Å². The molecule has 1 N–H and O–H groups in total. The summed E-state index contributed by atoms with van der Waals surface area (Å²) >= 11 is 0. The van der Waals surface area contributed by atoms with E-state index in [-0.39, 0.29) is 24.0 Å². The highest BCUT2D eigenvalue weighted by atomic mass is 127. The van der Waals surface area contributed by atoms with Crippen molar-refractivity contribution in [1.82, 2.24) is 20.0 Å². The lowest BCUT2D eigenvalue weighted by atomic mass is 10.0. The Hall–Kier alpha value is -0.860. The van der Waals surface area contributed by atoms with Gasteiger partial charge in [0.25, 0.3) is 0 Å². The van der Waals surface area contributed by atoms with Crippen LogP contribution in [0.4, 0.5) is 0 Å².